The Kier molecular flexibility index (Phi) is 3.36. The van der Waals surface area contributed by atoms with Gasteiger partial charge in [-0.05, 0) is 36.4 Å². The van der Waals surface area contributed by atoms with E-state index in [0.29, 0.717) is 5.56 Å². The van der Waals surface area contributed by atoms with Crippen LogP contribution in [0, 0.1) is 5.82 Å². The van der Waals surface area contributed by atoms with Crippen molar-refractivity contribution in [3.8, 4) is 0 Å². The number of aromatic nitrogens is 2. The summed E-state index contributed by atoms with van der Waals surface area (Å²) in [5, 5.41) is 0. The summed E-state index contributed by atoms with van der Waals surface area (Å²) in [7, 11) is 0. The number of rotatable bonds is 4. The molecule has 0 aliphatic carbocycles. The van der Waals surface area contributed by atoms with E-state index >= 15 is 0 Å². The van der Waals surface area contributed by atoms with E-state index in [1.165, 1.54) is 24.3 Å². The summed E-state index contributed by atoms with van der Waals surface area (Å²) in [6.45, 7) is 3.97. The number of imidazole rings is 1. The molecule has 1 heterocycles. The third kappa shape index (κ3) is 2.48. The summed E-state index contributed by atoms with van der Waals surface area (Å²) in [4.78, 5) is 12.3. The van der Waals surface area contributed by atoms with E-state index < -0.39 is 0 Å². The van der Waals surface area contributed by atoms with E-state index in [9.17, 15) is 9.18 Å². The van der Waals surface area contributed by atoms with Crippen molar-refractivity contribution in [3.63, 3.8) is 0 Å². The molecular formula is C17H14FN2O+. The number of carbonyl (C=O) groups excluding carboxylic acids is 1. The molecule has 0 fully saturated rings. The van der Waals surface area contributed by atoms with Crippen LogP contribution in [0.4, 0.5) is 4.39 Å². The minimum absolute atomic E-state index is 0.0630. The molecule has 3 rings (SSSR count). The molecule has 3 aromatic rings. The third-order valence-corrected chi connectivity index (χ3v) is 3.41. The zero-order valence-electron chi connectivity index (χ0n) is 11.4. The molecule has 0 bridgehead atoms. The Morgan fingerprint density at radius 1 is 1.19 bits per heavy atom. The number of halogens is 1. The van der Waals surface area contributed by atoms with Crippen molar-refractivity contribution >= 4 is 23.0 Å². The maximum absolute atomic E-state index is 12.9. The maximum Gasteiger partial charge on any atom is 0.249 e. The molecule has 0 atom stereocenters. The minimum Gasteiger partial charge on any atom is -0.290 e. The summed E-state index contributed by atoms with van der Waals surface area (Å²) < 4.78 is 16.6. The second-order valence-electron chi connectivity index (χ2n) is 4.75. The van der Waals surface area contributed by atoms with Crippen LogP contribution in [0.25, 0.3) is 17.2 Å². The summed E-state index contributed by atoms with van der Waals surface area (Å²) in [5.41, 5.74) is 2.44. The first-order valence-electron chi connectivity index (χ1n) is 6.59. The SMILES string of the molecule is C=Cn1c[n+](CC(=O)c2ccc(F)cc2)c2ccccc21. The summed E-state index contributed by atoms with van der Waals surface area (Å²) in [5.74, 6) is -0.408. The van der Waals surface area contributed by atoms with Gasteiger partial charge in [-0.25, -0.2) is 13.5 Å². The highest BCUT2D eigenvalue weighted by Crippen LogP contribution is 2.11. The van der Waals surface area contributed by atoms with Crippen molar-refractivity contribution in [2.75, 3.05) is 0 Å². The smallest absolute Gasteiger partial charge is 0.249 e. The first kappa shape index (κ1) is 13.2. The lowest BCUT2D eigenvalue weighted by Gasteiger charge is -1.99. The molecule has 0 spiro atoms. The van der Waals surface area contributed by atoms with Gasteiger partial charge in [-0.3, -0.25) is 4.79 Å². The first-order chi connectivity index (χ1) is 10.2. The second-order valence-corrected chi connectivity index (χ2v) is 4.75. The fourth-order valence-corrected chi connectivity index (χ4v) is 2.35. The van der Waals surface area contributed by atoms with Crippen molar-refractivity contribution in [1.29, 1.82) is 0 Å². The number of benzene rings is 2. The zero-order chi connectivity index (χ0) is 14.8. The van der Waals surface area contributed by atoms with Gasteiger partial charge in [-0.15, -0.1) is 0 Å². The molecule has 0 aliphatic rings. The zero-order valence-corrected chi connectivity index (χ0v) is 11.4. The van der Waals surface area contributed by atoms with Crippen LogP contribution in [0.5, 0.6) is 0 Å². The number of hydrogen-bond donors (Lipinski definition) is 0. The summed E-state index contributed by atoms with van der Waals surface area (Å²) in [6.07, 6.45) is 3.53. The molecule has 0 amide bonds. The van der Waals surface area contributed by atoms with Gasteiger partial charge < -0.3 is 0 Å². The standard InChI is InChI=1S/C17H14FN2O/c1-2-19-12-20(16-6-4-3-5-15(16)19)11-17(21)13-7-9-14(18)10-8-13/h2-10,12H,1,11H2/q+1. The molecule has 0 radical (unpaired) electrons. The maximum atomic E-state index is 12.9. The van der Waals surface area contributed by atoms with Crippen molar-refractivity contribution in [3.05, 3.63) is 72.8 Å². The van der Waals surface area contributed by atoms with Crippen LogP contribution >= 0.6 is 0 Å². The van der Waals surface area contributed by atoms with Gasteiger partial charge in [0.2, 0.25) is 12.1 Å². The topological polar surface area (TPSA) is 25.9 Å². The van der Waals surface area contributed by atoms with Crippen LogP contribution in [0.2, 0.25) is 0 Å². The predicted octanol–water partition coefficient (Wildman–Crippen LogP) is 3.05. The van der Waals surface area contributed by atoms with Gasteiger partial charge in [0.1, 0.15) is 5.82 Å². The first-order valence-corrected chi connectivity index (χ1v) is 6.59. The number of ketones is 1. The number of para-hydroxylation sites is 2. The highest BCUT2D eigenvalue weighted by Gasteiger charge is 2.17. The third-order valence-electron chi connectivity index (χ3n) is 3.41. The van der Waals surface area contributed by atoms with Gasteiger partial charge >= 0.3 is 0 Å². The summed E-state index contributed by atoms with van der Waals surface area (Å²) in [6, 6.07) is 13.4. The molecule has 0 aliphatic heterocycles. The normalized spacial score (nSPS) is 10.7. The number of Topliss-reactive ketones (excluding diaryl/α,β-unsaturated/α-hetero) is 1. The number of hydrogen-bond acceptors (Lipinski definition) is 1. The van der Waals surface area contributed by atoms with Gasteiger partial charge in [0.15, 0.2) is 17.6 Å². The average Bonchev–Trinajstić information content (AvgIpc) is 2.86. The average molecular weight is 281 g/mol. The van der Waals surface area contributed by atoms with Crippen molar-refractivity contribution in [1.82, 2.24) is 4.57 Å². The number of carbonyl (C=O) groups is 1. The van der Waals surface area contributed by atoms with E-state index in [4.69, 9.17) is 0 Å². The molecule has 3 nitrogen and oxygen atoms in total. The molecule has 0 saturated heterocycles. The Morgan fingerprint density at radius 3 is 2.62 bits per heavy atom. The van der Waals surface area contributed by atoms with Crippen LogP contribution < -0.4 is 4.57 Å². The van der Waals surface area contributed by atoms with Crippen LogP contribution in [-0.4, -0.2) is 10.4 Å². The Labute approximate surface area is 121 Å². The van der Waals surface area contributed by atoms with Crippen LogP contribution in [0.1, 0.15) is 10.4 Å². The number of fused-ring (bicyclic) bond motifs is 1. The Balaban J connectivity index is 1.96. The van der Waals surface area contributed by atoms with Gasteiger partial charge in [0.25, 0.3) is 0 Å². The van der Waals surface area contributed by atoms with Crippen molar-refractivity contribution in [2.45, 2.75) is 6.54 Å². The fraction of sp³-hybridized carbons (Fsp3) is 0.0588. The lowest BCUT2D eigenvalue weighted by atomic mass is 10.1. The van der Waals surface area contributed by atoms with E-state index in [2.05, 4.69) is 6.58 Å². The number of nitrogens with zero attached hydrogens (tertiary/aromatic N) is 2. The molecule has 2 aromatic carbocycles. The Hall–Kier alpha value is -2.75. The van der Waals surface area contributed by atoms with E-state index in [-0.39, 0.29) is 18.1 Å². The monoisotopic (exact) mass is 281 g/mol. The van der Waals surface area contributed by atoms with Gasteiger partial charge in [0, 0.05) is 5.56 Å². The van der Waals surface area contributed by atoms with E-state index in [1.54, 1.807) is 6.20 Å². The molecule has 21 heavy (non-hydrogen) atoms. The van der Waals surface area contributed by atoms with E-state index in [0.717, 1.165) is 11.0 Å². The van der Waals surface area contributed by atoms with Crippen LogP contribution in [0.15, 0.2) is 61.4 Å². The molecule has 104 valence electrons. The molecular weight excluding hydrogens is 267 g/mol. The van der Waals surface area contributed by atoms with Crippen LogP contribution in [-0.2, 0) is 6.54 Å². The molecule has 0 unspecified atom stereocenters. The second kappa shape index (κ2) is 5.32. The van der Waals surface area contributed by atoms with Gasteiger partial charge in [0.05, 0.1) is 6.20 Å². The Morgan fingerprint density at radius 2 is 1.90 bits per heavy atom. The van der Waals surface area contributed by atoms with E-state index in [1.807, 2.05) is 39.7 Å². The van der Waals surface area contributed by atoms with Gasteiger partial charge in [-0.1, -0.05) is 18.7 Å². The molecule has 0 N–H and O–H groups in total. The summed E-state index contributed by atoms with van der Waals surface area (Å²) >= 11 is 0. The Bertz CT molecular complexity index is 818. The minimum atomic E-state index is -0.345. The predicted molar refractivity (Wildman–Crippen MR) is 79.3 cm³/mol. The molecule has 0 saturated carbocycles. The lowest BCUT2D eigenvalue weighted by Crippen LogP contribution is -2.36. The largest absolute Gasteiger partial charge is 0.290 e. The fourth-order valence-electron chi connectivity index (χ4n) is 2.35. The van der Waals surface area contributed by atoms with Crippen molar-refractivity contribution in [2.24, 2.45) is 0 Å². The molecule has 4 heteroatoms. The van der Waals surface area contributed by atoms with Crippen molar-refractivity contribution < 1.29 is 13.8 Å². The van der Waals surface area contributed by atoms with Crippen LogP contribution in [0.3, 0.4) is 0 Å². The molecule has 1 aromatic heterocycles. The quantitative estimate of drug-likeness (QED) is 0.533. The highest BCUT2D eigenvalue weighted by molar-refractivity contribution is 5.95. The lowest BCUT2D eigenvalue weighted by molar-refractivity contribution is -0.657. The van der Waals surface area contributed by atoms with Gasteiger partial charge in [-0.2, -0.15) is 0 Å². The highest BCUT2D eigenvalue weighted by atomic mass is 19.1.